The molecular weight excluding hydrogens is 441 g/mol. The molecule has 1 aromatic carbocycles. The summed E-state index contributed by atoms with van der Waals surface area (Å²) in [7, 11) is 0. The SMILES string of the molecule is CCCC(=O)C1=CN([C@@H]2C(O)[C@@H](Sc3ccc(Cl)c(Cl)c3)OC(CO)[C@@H]2O)NN1. The van der Waals surface area contributed by atoms with E-state index in [0.717, 1.165) is 0 Å². The van der Waals surface area contributed by atoms with E-state index in [4.69, 9.17) is 27.9 Å². The lowest BCUT2D eigenvalue weighted by molar-refractivity contribution is -0.189. The maximum atomic E-state index is 12.1. The molecule has 1 aromatic rings. The number of aliphatic hydroxyl groups is 3. The molecule has 29 heavy (non-hydrogen) atoms. The first-order valence-electron chi connectivity index (χ1n) is 9.14. The second kappa shape index (κ2) is 9.84. The zero-order valence-electron chi connectivity index (χ0n) is 15.6. The van der Waals surface area contributed by atoms with Crippen molar-refractivity contribution < 1.29 is 24.9 Å². The van der Waals surface area contributed by atoms with Gasteiger partial charge in [0.2, 0.25) is 0 Å². The van der Waals surface area contributed by atoms with E-state index in [0.29, 0.717) is 33.5 Å². The van der Waals surface area contributed by atoms with Crippen LogP contribution < -0.4 is 11.0 Å². The molecular formula is C18H23Cl2N3O5S. The van der Waals surface area contributed by atoms with Gasteiger partial charge in [0.25, 0.3) is 0 Å². The Morgan fingerprint density at radius 2 is 2.03 bits per heavy atom. The van der Waals surface area contributed by atoms with Gasteiger partial charge < -0.3 is 20.1 Å². The topological polar surface area (TPSA) is 114 Å². The Bertz CT molecular complexity index is 784. The molecule has 2 aliphatic rings. The summed E-state index contributed by atoms with van der Waals surface area (Å²) in [6, 6.07) is 4.15. The number of halogens is 2. The van der Waals surface area contributed by atoms with Crippen LogP contribution in [0.4, 0.5) is 0 Å². The maximum absolute atomic E-state index is 12.1. The average Bonchev–Trinajstić information content (AvgIpc) is 3.17. The Kier molecular flexibility index (Phi) is 7.69. The van der Waals surface area contributed by atoms with Gasteiger partial charge in [0.15, 0.2) is 5.78 Å². The number of hydrogen-bond acceptors (Lipinski definition) is 9. The molecule has 2 aliphatic heterocycles. The van der Waals surface area contributed by atoms with E-state index in [1.54, 1.807) is 18.2 Å². The van der Waals surface area contributed by atoms with Crippen LogP contribution in [0.3, 0.4) is 0 Å². The molecule has 8 nitrogen and oxygen atoms in total. The molecule has 0 aliphatic carbocycles. The van der Waals surface area contributed by atoms with Crippen molar-refractivity contribution in [2.75, 3.05) is 6.61 Å². The van der Waals surface area contributed by atoms with Gasteiger partial charge >= 0.3 is 0 Å². The highest BCUT2D eigenvalue weighted by molar-refractivity contribution is 7.99. The Morgan fingerprint density at radius 3 is 2.69 bits per heavy atom. The van der Waals surface area contributed by atoms with Gasteiger partial charge in [-0.15, -0.1) is 5.53 Å². The number of aliphatic hydroxyl groups excluding tert-OH is 3. The first kappa shape index (κ1) is 22.6. The van der Waals surface area contributed by atoms with Gasteiger partial charge in [-0.2, -0.15) is 0 Å². The zero-order chi connectivity index (χ0) is 21.1. The summed E-state index contributed by atoms with van der Waals surface area (Å²) >= 11 is 13.2. The molecule has 11 heteroatoms. The minimum Gasteiger partial charge on any atom is -0.394 e. The van der Waals surface area contributed by atoms with Gasteiger partial charge in [0.05, 0.1) is 16.7 Å². The van der Waals surface area contributed by atoms with Crippen molar-refractivity contribution in [2.24, 2.45) is 0 Å². The molecule has 0 saturated carbocycles. The number of carbonyl (C=O) groups is 1. The number of rotatable bonds is 7. The monoisotopic (exact) mass is 463 g/mol. The third-order valence-corrected chi connectivity index (χ3v) is 6.57. The molecule has 3 rings (SSSR count). The van der Waals surface area contributed by atoms with Gasteiger partial charge in [-0.25, -0.2) is 0 Å². The quantitative estimate of drug-likeness (QED) is 0.409. The number of Topliss-reactive ketones (excluding diaryl/α,β-unsaturated/α-hetero) is 1. The lowest BCUT2D eigenvalue weighted by atomic mass is 9.97. The molecule has 1 saturated heterocycles. The minimum atomic E-state index is -1.20. The number of carbonyl (C=O) groups excluding carboxylic acids is 1. The maximum Gasteiger partial charge on any atom is 0.181 e. The van der Waals surface area contributed by atoms with Gasteiger partial charge in [0.1, 0.15) is 35.5 Å². The number of benzene rings is 1. The number of allylic oxidation sites excluding steroid dienone is 1. The summed E-state index contributed by atoms with van der Waals surface area (Å²) in [6.45, 7) is 1.47. The van der Waals surface area contributed by atoms with E-state index in [1.807, 2.05) is 6.92 Å². The van der Waals surface area contributed by atoms with Crippen LogP contribution in [-0.2, 0) is 9.53 Å². The normalized spacial score (nSPS) is 29.5. The van der Waals surface area contributed by atoms with E-state index < -0.39 is 36.4 Å². The molecule has 2 unspecified atom stereocenters. The fourth-order valence-corrected chi connectivity index (χ4v) is 4.63. The van der Waals surface area contributed by atoms with Crippen LogP contribution in [0.15, 0.2) is 35.0 Å². The summed E-state index contributed by atoms with van der Waals surface area (Å²) in [5.74, 6) is -0.0843. The Labute approximate surface area is 182 Å². The fraction of sp³-hybridized carbons (Fsp3) is 0.500. The molecule has 5 N–H and O–H groups in total. The number of hydrogen-bond donors (Lipinski definition) is 5. The van der Waals surface area contributed by atoms with E-state index in [2.05, 4.69) is 11.0 Å². The van der Waals surface area contributed by atoms with Crippen molar-refractivity contribution in [1.82, 2.24) is 16.0 Å². The molecule has 1 fully saturated rings. The number of nitrogens with one attached hydrogen (secondary N) is 2. The third kappa shape index (κ3) is 5.00. The highest BCUT2D eigenvalue weighted by atomic mass is 35.5. The number of ketones is 1. The average molecular weight is 464 g/mol. The van der Waals surface area contributed by atoms with Crippen molar-refractivity contribution in [2.45, 2.75) is 54.5 Å². The van der Waals surface area contributed by atoms with Gasteiger partial charge in [0, 0.05) is 17.5 Å². The highest BCUT2D eigenvalue weighted by Gasteiger charge is 2.48. The van der Waals surface area contributed by atoms with Crippen LogP contribution in [0.25, 0.3) is 0 Å². The lowest BCUT2D eigenvalue weighted by Crippen LogP contribution is -2.65. The predicted octanol–water partition coefficient (Wildman–Crippen LogP) is 1.43. The zero-order valence-corrected chi connectivity index (χ0v) is 17.9. The molecule has 160 valence electrons. The summed E-state index contributed by atoms with van der Waals surface area (Å²) in [6.07, 6.45) is -0.688. The van der Waals surface area contributed by atoms with E-state index in [9.17, 15) is 20.1 Å². The number of hydrazine groups is 2. The fourth-order valence-electron chi connectivity index (χ4n) is 3.17. The van der Waals surface area contributed by atoms with Gasteiger partial charge in [-0.3, -0.25) is 15.2 Å². The lowest BCUT2D eigenvalue weighted by Gasteiger charge is -2.45. The van der Waals surface area contributed by atoms with Crippen LogP contribution in [0, 0.1) is 0 Å². The van der Waals surface area contributed by atoms with Gasteiger partial charge in [-0.05, 0) is 24.6 Å². The highest BCUT2D eigenvalue weighted by Crippen LogP contribution is 2.37. The Balaban J connectivity index is 1.80. The number of nitrogens with zero attached hydrogens (tertiary/aromatic N) is 1. The molecule has 0 amide bonds. The smallest absolute Gasteiger partial charge is 0.181 e. The van der Waals surface area contributed by atoms with E-state index in [1.165, 1.54) is 23.0 Å². The van der Waals surface area contributed by atoms with Crippen molar-refractivity contribution in [3.05, 3.63) is 40.1 Å². The summed E-state index contributed by atoms with van der Waals surface area (Å²) < 4.78 is 5.71. The first-order chi connectivity index (χ1) is 13.8. The molecule has 5 atom stereocenters. The number of ether oxygens (including phenoxy) is 1. The third-order valence-electron chi connectivity index (χ3n) is 4.68. The predicted molar refractivity (Wildman–Crippen MR) is 110 cm³/mol. The Morgan fingerprint density at radius 1 is 1.28 bits per heavy atom. The molecule has 0 bridgehead atoms. The van der Waals surface area contributed by atoms with Crippen molar-refractivity contribution in [3.63, 3.8) is 0 Å². The van der Waals surface area contributed by atoms with Crippen LogP contribution in [0.2, 0.25) is 10.0 Å². The minimum absolute atomic E-state index is 0.0843. The summed E-state index contributed by atoms with van der Waals surface area (Å²) in [4.78, 5) is 12.8. The van der Waals surface area contributed by atoms with E-state index in [-0.39, 0.29) is 5.78 Å². The molecule has 0 radical (unpaired) electrons. The number of thioether (sulfide) groups is 1. The second-order valence-corrected chi connectivity index (χ2v) is 8.74. The molecule has 2 heterocycles. The van der Waals surface area contributed by atoms with E-state index >= 15 is 0 Å². The summed E-state index contributed by atoms with van der Waals surface area (Å²) in [5, 5.41) is 33.4. The van der Waals surface area contributed by atoms with Crippen LogP contribution in [-0.4, -0.2) is 62.5 Å². The molecule has 0 aromatic heterocycles. The van der Waals surface area contributed by atoms with Crippen molar-refractivity contribution in [1.29, 1.82) is 0 Å². The van der Waals surface area contributed by atoms with Crippen LogP contribution in [0.5, 0.6) is 0 Å². The van der Waals surface area contributed by atoms with Crippen LogP contribution in [0.1, 0.15) is 19.8 Å². The van der Waals surface area contributed by atoms with Crippen molar-refractivity contribution in [3.8, 4) is 0 Å². The van der Waals surface area contributed by atoms with Crippen molar-refractivity contribution >= 4 is 40.7 Å². The first-order valence-corrected chi connectivity index (χ1v) is 10.8. The molecule has 0 spiro atoms. The standard InChI is InChI=1S/C18H23Cl2N3O5S/c1-2-3-13(25)12-7-23(22-21-12)15-16(26)14(8-24)28-18(17(15)27)29-9-4-5-10(19)11(20)6-9/h4-7,14-18,21-22,24,26-27H,2-3,8H2,1H3/t14?,15-,16-,17?,18+/m0/s1. The Hall–Kier alpha value is -1.04. The van der Waals surface area contributed by atoms with Gasteiger partial charge in [-0.1, -0.05) is 41.9 Å². The second-order valence-electron chi connectivity index (χ2n) is 6.75. The summed E-state index contributed by atoms with van der Waals surface area (Å²) in [5.41, 5.74) is 5.09. The van der Waals surface area contributed by atoms with Crippen LogP contribution >= 0.6 is 35.0 Å². The largest absolute Gasteiger partial charge is 0.394 e.